The molecular weight excluding hydrogens is 356 g/mol. The molecule has 0 amide bonds. The Hall–Kier alpha value is -3.92. The van der Waals surface area contributed by atoms with Crippen LogP contribution in [0.25, 0.3) is 33.4 Å². The van der Waals surface area contributed by atoms with Crippen molar-refractivity contribution >= 4 is 16.6 Å². The summed E-state index contributed by atoms with van der Waals surface area (Å²) in [5.41, 5.74) is 6.13. The van der Waals surface area contributed by atoms with E-state index in [4.69, 9.17) is 10.1 Å². The summed E-state index contributed by atoms with van der Waals surface area (Å²) in [4.78, 5) is 4.87. The quantitative estimate of drug-likeness (QED) is 0.419. The molecule has 3 aromatic carbocycles. The molecule has 0 fully saturated rings. The Kier molecular flexibility index (Phi) is 4.51. The van der Waals surface area contributed by atoms with Crippen molar-refractivity contribution in [1.82, 2.24) is 14.8 Å². The predicted octanol–water partition coefficient (Wildman–Crippen LogP) is 5.83. The van der Waals surface area contributed by atoms with Crippen molar-refractivity contribution in [1.29, 1.82) is 0 Å². The van der Waals surface area contributed by atoms with E-state index in [0.717, 1.165) is 39.1 Å². The number of anilines is 1. The molecule has 1 N–H and O–H groups in total. The van der Waals surface area contributed by atoms with Crippen LogP contribution >= 0.6 is 0 Å². The summed E-state index contributed by atoms with van der Waals surface area (Å²) in [5, 5.41) is 9.30. The third-order valence-electron chi connectivity index (χ3n) is 4.92. The summed E-state index contributed by atoms with van der Waals surface area (Å²) in [7, 11) is 0. The van der Waals surface area contributed by atoms with E-state index in [1.165, 1.54) is 0 Å². The molecule has 2 aromatic heterocycles. The first-order chi connectivity index (χ1) is 14.4. The van der Waals surface area contributed by atoms with Gasteiger partial charge in [-0.3, -0.25) is 4.68 Å². The van der Waals surface area contributed by atoms with E-state index in [-0.39, 0.29) is 0 Å². The first kappa shape index (κ1) is 17.2. The number of hydrogen-bond acceptors (Lipinski definition) is 3. The molecule has 0 bridgehead atoms. The van der Waals surface area contributed by atoms with E-state index < -0.39 is 0 Å². The van der Waals surface area contributed by atoms with E-state index in [9.17, 15) is 0 Å². The average molecular weight is 376 g/mol. The van der Waals surface area contributed by atoms with Crippen molar-refractivity contribution in [2.24, 2.45) is 0 Å². The summed E-state index contributed by atoms with van der Waals surface area (Å²) in [5.74, 6) is 0. The molecule has 5 rings (SSSR count). The summed E-state index contributed by atoms with van der Waals surface area (Å²) in [6, 6.07) is 32.8. The van der Waals surface area contributed by atoms with Crippen LogP contribution in [0.3, 0.4) is 0 Å². The van der Waals surface area contributed by atoms with Gasteiger partial charge < -0.3 is 5.32 Å². The van der Waals surface area contributed by atoms with Crippen LogP contribution in [0.1, 0.15) is 0 Å². The average Bonchev–Trinajstić information content (AvgIpc) is 3.27. The highest BCUT2D eigenvalue weighted by Gasteiger charge is 2.11. The minimum atomic E-state index is 0.610. The molecule has 0 saturated heterocycles. The predicted molar refractivity (Wildman–Crippen MR) is 118 cm³/mol. The zero-order chi connectivity index (χ0) is 19.5. The molecule has 0 aliphatic rings. The molecule has 2 heterocycles. The molecular formula is C25H20N4. The Morgan fingerprint density at radius 2 is 1.45 bits per heavy atom. The lowest BCUT2D eigenvalue weighted by Crippen LogP contribution is -2.08. The highest BCUT2D eigenvalue weighted by Crippen LogP contribution is 2.31. The Morgan fingerprint density at radius 1 is 0.724 bits per heavy atom. The van der Waals surface area contributed by atoms with Gasteiger partial charge in [0, 0.05) is 28.4 Å². The summed E-state index contributed by atoms with van der Waals surface area (Å²) < 4.78 is 1.92. The number of para-hydroxylation sites is 2. The van der Waals surface area contributed by atoms with Crippen molar-refractivity contribution in [2.75, 3.05) is 5.32 Å². The Morgan fingerprint density at radius 3 is 2.28 bits per heavy atom. The maximum atomic E-state index is 4.87. The van der Waals surface area contributed by atoms with Gasteiger partial charge in [-0.25, -0.2) is 4.98 Å². The van der Waals surface area contributed by atoms with E-state index in [1.54, 1.807) is 0 Å². The fraction of sp³-hybridized carbons (Fsp3) is 0.0400. The van der Waals surface area contributed by atoms with E-state index in [1.807, 2.05) is 71.5 Å². The Balaban J connectivity index is 1.52. The number of rotatable bonds is 5. The van der Waals surface area contributed by atoms with Gasteiger partial charge >= 0.3 is 0 Å². The molecule has 4 nitrogen and oxygen atoms in total. The second kappa shape index (κ2) is 7.60. The van der Waals surface area contributed by atoms with Crippen molar-refractivity contribution in [3.63, 3.8) is 0 Å². The van der Waals surface area contributed by atoms with Gasteiger partial charge in [-0.15, -0.1) is 0 Å². The van der Waals surface area contributed by atoms with Crippen molar-refractivity contribution in [3.05, 3.63) is 103 Å². The summed E-state index contributed by atoms with van der Waals surface area (Å²) >= 11 is 0. The highest BCUT2D eigenvalue weighted by atomic mass is 15.3. The minimum absolute atomic E-state index is 0.610. The van der Waals surface area contributed by atoms with Crippen LogP contribution in [0.15, 0.2) is 103 Å². The number of fused-ring (bicyclic) bond motifs is 1. The molecule has 0 radical (unpaired) electrons. The van der Waals surface area contributed by atoms with Gasteiger partial charge in [-0.05, 0) is 30.3 Å². The first-order valence-electron chi connectivity index (χ1n) is 9.65. The molecule has 5 aromatic rings. The van der Waals surface area contributed by atoms with E-state index in [2.05, 4.69) is 41.7 Å². The number of nitrogens with zero attached hydrogens (tertiary/aromatic N) is 3. The topological polar surface area (TPSA) is 42.7 Å². The van der Waals surface area contributed by atoms with Crippen LogP contribution in [-0.4, -0.2) is 14.8 Å². The smallest absolute Gasteiger partial charge is 0.109 e. The molecule has 0 spiro atoms. The molecule has 140 valence electrons. The molecule has 0 aliphatic carbocycles. The number of pyridine rings is 1. The lowest BCUT2D eigenvalue weighted by atomic mass is 10.0. The van der Waals surface area contributed by atoms with Gasteiger partial charge in [0.2, 0.25) is 0 Å². The van der Waals surface area contributed by atoms with Gasteiger partial charge in [0.05, 0.1) is 16.9 Å². The molecule has 0 unspecified atom stereocenters. The Bertz CT molecular complexity index is 1240. The number of nitrogens with one attached hydrogen (secondary N) is 1. The standard InChI is InChI=1S/C25H20N4/c1-3-9-19(10-4-1)25-17-22(21-13-7-8-14-23(21)27-25)24-15-16-29(28-24)18-26-20-11-5-2-6-12-20/h1-17,26H,18H2. The lowest BCUT2D eigenvalue weighted by molar-refractivity contribution is 0.672. The fourth-order valence-electron chi connectivity index (χ4n) is 3.47. The molecule has 0 saturated carbocycles. The Labute approximate surface area is 169 Å². The van der Waals surface area contributed by atoms with Crippen LogP contribution in [0.4, 0.5) is 5.69 Å². The summed E-state index contributed by atoms with van der Waals surface area (Å²) in [6.45, 7) is 0.610. The van der Waals surface area contributed by atoms with Gasteiger partial charge in [0.15, 0.2) is 0 Å². The van der Waals surface area contributed by atoms with Crippen molar-refractivity contribution in [3.8, 4) is 22.5 Å². The van der Waals surface area contributed by atoms with E-state index >= 15 is 0 Å². The van der Waals surface area contributed by atoms with Crippen LogP contribution in [0, 0.1) is 0 Å². The number of aromatic nitrogens is 3. The van der Waals surface area contributed by atoms with Crippen LogP contribution in [0.2, 0.25) is 0 Å². The molecule has 4 heteroatoms. The van der Waals surface area contributed by atoms with Gasteiger partial charge in [-0.2, -0.15) is 5.10 Å². The van der Waals surface area contributed by atoms with Gasteiger partial charge in [0.25, 0.3) is 0 Å². The highest BCUT2D eigenvalue weighted by molar-refractivity contribution is 5.95. The zero-order valence-electron chi connectivity index (χ0n) is 15.9. The number of benzene rings is 3. The van der Waals surface area contributed by atoms with Crippen molar-refractivity contribution in [2.45, 2.75) is 6.67 Å². The maximum Gasteiger partial charge on any atom is 0.109 e. The largest absolute Gasteiger partial charge is 0.366 e. The van der Waals surface area contributed by atoms with E-state index in [0.29, 0.717) is 6.67 Å². The third-order valence-corrected chi connectivity index (χ3v) is 4.92. The number of hydrogen-bond donors (Lipinski definition) is 1. The second-order valence-electron chi connectivity index (χ2n) is 6.88. The van der Waals surface area contributed by atoms with Crippen LogP contribution in [-0.2, 0) is 6.67 Å². The molecule has 29 heavy (non-hydrogen) atoms. The molecule has 0 atom stereocenters. The van der Waals surface area contributed by atoms with Gasteiger partial charge in [0.1, 0.15) is 6.67 Å². The second-order valence-corrected chi connectivity index (χ2v) is 6.88. The maximum absolute atomic E-state index is 4.87. The lowest BCUT2D eigenvalue weighted by Gasteiger charge is -2.09. The van der Waals surface area contributed by atoms with Crippen LogP contribution < -0.4 is 5.32 Å². The SMILES string of the molecule is c1ccc(NCn2ccc(-c3cc(-c4ccccc4)nc4ccccc34)n2)cc1. The minimum Gasteiger partial charge on any atom is -0.366 e. The van der Waals surface area contributed by atoms with Gasteiger partial charge in [-0.1, -0.05) is 66.7 Å². The molecule has 0 aliphatic heterocycles. The third kappa shape index (κ3) is 3.60. The van der Waals surface area contributed by atoms with Crippen molar-refractivity contribution < 1.29 is 0 Å². The monoisotopic (exact) mass is 376 g/mol. The summed E-state index contributed by atoms with van der Waals surface area (Å²) in [6.07, 6.45) is 2.00. The zero-order valence-corrected chi connectivity index (χ0v) is 15.9. The van der Waals surface area contributed by atoms with Crippen LogP contribution in [0.5, 0.6) is 0 Å². The normalized spacial score (nSPS) is 10.9. The first-order valence-corrected chi connectivity index (χ1v) is 9.65. The fourth-order valence-corrected chi connectivity index (χ4v) is 3.47.